The molecule has 29 heavy (non-hydrogen) atoms. The van der Waals surface area contributed by atoms with E-state index in [0.717, 1.165) is 16.8 Å². The van der Waals surface area contributed by atoms with Crippen molar-refractivity contribution in [1.29, 1.82) is 5.26 Å². The molecule has 0 bridgehead atoms. The number of nitriles is 1. The Morgan fingerprint density at radius 2 is 2.07 bits per heavy atom. The second-order valence-electron chi connectivity index (χ2n) is 6.29. The van der Waals surface area contributed by atoms with Crippen molar-refractivity contribution < 1.29 is 14.2 Å². The van der Waals surface area contributed by atoms with E-state index in [4.69, 9.17) is 19.9 Å². The van der Waals surface area contributed by atoms with Crippen LogP contribution in [0, 0.1) is 11.3 Å². The Morgan fingerprint density at radius 1 is 1.28 bits per heavy atom. The fraction of sp³-hybridized carbons (Fsp3) is 0.190. The van der Waals surface area contributed by atoms with Crippen LogP contribution in [0.25, 0.3) is 11.3 Å². The molecule has 0 saturated carbocycles. The van der Waals surface area contributed by atoms with Gasteiger partial charge in [0.1, 0.15) is 11.6 Å². The minimum Gasteiger partial charge on any atom is -0.493 e. The maximum absolute atomic E-state index is 9.88. The summed E-state index contributed by atoms with van der Waals surface area (Å²) >= 11 is 0. The second kappa shape index (κ2) is 7.56. The standard InChI is InChI=1S/C21H19N5O3/c1-3-28-19-13(5-4-6-15(19)27-2)16-14(11-22)20(23)29-21-17(16)18(25-26-21)12-7-9-24-10-8-12/h4-10,16H,3,23H2,1-2H3,(H,25,26)/t16-/m1/s1. The Hall–Kier alpha value is -3.99. The van der Waals surface area contributed by atoms with Crippen LogP contribution < -0.4 is 19.9 Å². The number of ether oxygens (including phenoxy) is 3. The van der Waals surface area contributed by atoms with E-state index in [9.17, 15) is 5.26 Å². The highest BCUT2D eigenvalue weighted by Gasteiger charge is 2.37. The Bertz CT molecular complexity index is 1120. The Kier molecular flexibility index (Phi) is 4.79. The van der Waals surface area contributed by atoms with Gasteiger partial charge in [-0.25, -0.2) is 0 Å². The number of methoxy groups -OCH3 is 1. The number of hydrogen-bond acceptors (Lipinski definition) is 7. The van der Waals surface area contributed by atoms with Crippen molar-refractivity contribution in [3.05, 3.63) is 65.3 Å². The number of aromatic nitrogens is 3. The number of benzene rings is 1. The fourth-order valence-corrected chi connectivity index (χ4v) is 3.51. The van der Waals surface area contributed by atoms with E-state index in [-0.39, 0.29) is 11.5 Å². The topological polar surface area (TPSA) is 119 Å². The predicted octanol–water partition coefficient (Wildman–Crippen LogP) is 3.10. The van der Waals surface area contributed by atoms with Crippen LogP contribution in [0.5, 0.6) is 17.4 Å². The number of hydrogen-bond donors (Lipinski definition) is 2. The second-order valence-corrected chi connectivity index (χ2v) is 6.29. The molecule has 3 N–H and O–H groups in total. The molecule has 0 spiro atoms. The van der Waals surface area contributed by atoms with Crippen LogP contribution in [0.2, 0.25) is 0 Å². The molecule has 8 nitrogen and oxygen atoms in total. The molecule has 146 valence electrons. The summed E-state index contributed by atoms with van der Waals surface area (Å²) in [7, 11) is 1.58. The van der Waals surface area contributed by atoms with Crippen LogP contribution in [0.1, 0.15) is 24.0 Å². The number of fused-ring (bicyclic) bond motifs is 1. The normalized spacial score (nSPS) is 15.3. The first-order valence-electron chi connectivity index (χ1n) is 9.05. The van der Waals surface area contributed by atoms with Gasteiger partial charge >= 0.3 is 0 Å². The number of rotatable bonds is 5. The number of nitrogens with zero attached hydrogens (tertiary/aromatic N) is 3. The molecule has 0 unspecified atom stereocenters. The molecule has 2 aromatic heterocycles. The van der Waals surface area contributed by atoms with Crippen LogP contribution in [0.15, 0.2) is 54.2 Å². The quantitative estimate of drug-likeness (QED) is 0.688. The number of H-pyrrole nitrogens is 1. The molecule has 8 heteroatoms. The molecule has 0 radical (unpaired) electrons. The Labute approximate surface area is 167 Å². The first-order chi connectivity index (χ1) is 14.2. The molecule has 0 fully saturated rings. The van der Waals surface area contributed by atoms with E-state index in [0.29, 0.717) is 29.5 Å². The molecule has 0 aliphatic carbocycles. The summed E-state index contributed by atoms with van der Waals surface area (Å²) in [6.07, 6.45) is 3.38. The van der Waals surface area contributed by atoms with Crippen molar-refractivity contribution in [2.75, 3.05) is 13.7 Å². The molecule has 1 aliphatic rings. The summed E-state index contributed by atoms with van der Waals surface area (Å²) in [4.78, 5) is 4.07. The van der Waals surface area contributed by atoms with Gasteiger partial charge in [0.05, 0.1) is 30.9 Å². The lowest BCUT2D eigenvalue weighted by Crippen LogP contribution is -2.21. The highest BCUT2D eigenvalue weighted by atomic mass is 16.5. The smallest absolute Gasteiger partial charge is 0.244 e. The zero-order chi connectivity index (χ0) is 20.4. The lowest BCUT2D eigenvalue weighted by Gasteiger charge is -2.26. The summed E-state index contributed by atoms with van der Waals surface area (Å²) in [5.41, 5.74) is 9.38. The summed E-state index contributed by atoms with van der Waals surface area (Å²) in [5.74, 6) is 0.925. The van der Waals surface area contributed by atoms with Gasteiger partial charge in [-0.05, 0) is 25.1 Å². The number of allylic oxidation sites excluding steroid dienone is 1. The van der Waals surface area contributed by atoms with Gasteiger partial charge in [0.2, 0.25) is 11.8 Å². The molecule has 1 aliphatic heterocycles. The molecule has 1 atom stereocenters. The summed E-state index contributed by atoms with van der Waals surface area (Å²) in [6, 6.07) is 11.5. The monoisotopic (exact) mass is 389 g/mol. The minimum atomic E-state index is -0.540. The van der Waals surface area contributed by atoms with Crippen molar-refractivity contribution in [2.45, 2.75) is 12.8 Å². The van der Waals surface area contributed by atoms with E-state index < -0.39 is 5.92 Å². The van der Waals surface area contributed by atoms with E-state index in [1.807, 2.05) is 37.3 Å². The third-order valence-corrected chi connectivity index (χ3v) is 4.74. The third kappa shape index (κ3) is 3.02. The molecule has 1 aromatic carbocycles. The highest BCUT2D eigenvalue weighted by Crippen LogP contribution is 2.49. The zero-order valence-corrected chi connectivity index (χ0v) is 16.0. The van der Waals surface area contributed by atoms with Crippen molar-refractivity contribution in [1.82, 2.24) is 15.2 Å². The Balaban J connectivity index is 1.99. The SMILES string of the molecule is CCOc1c(OC)cccc1[C@@H]1C(C#N)=C(N)Oc2n[nH]c(-c3ccncc3)c21. The Morgan fingerprint density at radius 3 is 2.76 bits per heavy atom. The van der Waals surface area contributed by atoms with Gasteiger partial charge in [0.15, 0.2) is 11.5 Å². The molecule has 4 rings (SSSR count). The zero-order valence-electron chi connectivity index (χ0n) is 16.0. The van der Waals surface area contributed by atoms with Crippen LogP contribution in [0.4, 0.5) is 0 Å². The third-order valence-electron chi connectivity index (χ3n) is 4.74. The van der Waals surface area contributed by atoms with E-state index in [1.165, 1.54) is 0 Å². The lowest BCUT2D eigenvalue weighted by molar-refractivity contribution is 0.306. The van der Waals surface area contributed by atoms with Crippen LogP contribution in [-0.4, -0.2) is 28.9 Å². The van der Waals surface area contributed by atoms with E-state index in [1.54, 1.807) is 19.5 Å². The van der Waals surface area contributed by atoms with Gasteiger partial charge in [-0.2, -0.15) is 5.26 Å². The summed E-state index contributed by atoms with van der Waals surface area (Å²) in [5, 5.41) is 17.2. The van der Waals surface area contributed by atoms with Gasteiger partial charge in [-0.1, -0.05) is 12.1 Å². The first kappa shape index (κ1) is 18.4. The van der Waals surface area contributed by atoms with Gasteiger partial charge in [-0.3, -0.25) is 10.1 Å². The van der Waals surface area contributed by atoms with Gasteiger partial charge in [0, 0.05) is 23.5 Å². The summed E-state index contributed by atoms with van der Waals surface area (Å²) in [6.45, 7) is 2.33. The van der Waals surface area contributed by atoms with Crippen LogP contribution in [-0.2, 0) is 0 Å². The molecular formula is C21H19N5O3. The van der Waals surface area contributed by atoms with Crippen molar-refractivity contribution >= 4 is 0 Å². The minimum absolute atomic E-state index is 0.0167. The lowest BCUT2D eigenvalue weighted by atomic mass is 9.82. The average Bonchev–Trinajstić information content (AvgIpc) is 3.17. The van der Waals surface area contributed by atoms with E-state index >= 15 is 0 Å². The number of nitrogens with one attached hydrogen (secondary N) is 1. The maximum Gasteiger partial charge on any atom is 0.244 e. The average molecular weight is 389 g/mol. The maximum atomic E-state index is 9.88. The van der Waals surface area contributed by atoms with Crippen LogP contribution in [0.3, 0.4) is 0 Å². The van der Waals surface area contributed by atoms with Gasteiger partial charge in [0.25, 0.3) is 0 Å². The highest BCUT2D eigenvalue weighted by molar-refractivity contribution is 5.71. The number of nitrogens with two attached hydrogens (primary N) is 1. The number of aromatic amines is 1. The molecule has 0 saturated heterocycles. The largest absolute Gasteiger partial charge is 0.493 e. The fourth-order valence-electron chi connectivity index (χ4n) is 3.51. The molecule has 3 heterocycles. The molecule has 0 amide bonds. The molecular weight excluding hydrogens is 370 g/mol. The van der Waals surface area contributed by atoms with Gasteiger partial charge < -0.3 is 19.9 Å². The summed E-state index contributed by atoms with van der Waals surface area (Å²) < 4.78 is 17.0. The predicted molar refractivity (Wildman–Crippen MR) is 105 cm³/mol. The molecule has 3 aromatic rings. The van der Waals surface area contributed by atoms with E-state index in [2.05, 4.69) is 21.3 Å². The first-order valence-corrected chi connectivity index (χ1v) is 9.05. The number of para-hydroxylation sites is 1. The number of pyridine rings is 1. The van der Waals surface area contributed by atoms with Crippen molar-refractivity contribution in [3.8, 4) is 34.7 Å². The van der Waals surface area contributed by atoms with Crippen molar-refractivity contribution in [3.63, 3.8) is 0 Å². The van der Waals surface area contributed by atoms with Crippen LogP contribution >= 0.6 is 0 Å². The van der Waals surface area contributed by atoms with Gasteiger partial charge in [-0.15, -0.1) is 5.10 Å². The van der Waals surface area contributed by atoms with Crippen molar-refractivity contribution in [2.24, 2.45) is 5.73 Å².